The minimum atomic E-state index is 0.542. The van der Waals surface area contributed by atoms with Crippen molar-refractivity contribution in [3.05, 3.63) is 65.5 Å². The monoisotopic (exact) mass is 282 g/mol. The zero-order valence-electron chi connectivity index (χ0n) is 13.3. The normalized spacial score (nSPS) is 12.6. The van der Waals surface area contributed by atoms with Crippen molar-refractivity contribution in [3.63, 3.8) is 0 Å². The molecule has 2 nitrogen and oxygen atoms in total. The molecule has 112 valence electrons. The van der Waals surface area contributed by atoms with Crippen molar-refractivity contribution in [2.24, 2.45) is 5.92 Å². The van der Waals surface area contributed by atoms with Crippen molar-refractivity contribution in [2.45, 2.75) is 39.7 Å². The highest BCUT2D eigenvalue weighted by Gasteiger charge is 2.15. The van der Waals surface area contributed by atoms with Crippen LogP contribution in [-0.4, -0.2) is 11.5 Å². The Balaban J connectivity index is 1.97. The molecule has 1 N–H and O–H groups in total. The van der Waals surface area contributed by atoms with Gasteiger partial charge in [-0.3, -0.25) is 4.98 Å². The molecule has 0 aliphatic rings. The molecule has 1 atom stereocenters. The fourth-order valence-corrected chi connectivity index (χ4v) is 2.74. The van der Waals surface area contributed by atoms with Gasteiger partial charge in [-0.05, 0) is 35.4 Å². The first-order valence-electron chi connectivity index (χ1n) is 7.90. The van der Waals surface area contributed by atoms with E-state index < -0.39 is 0 Å². The van der Waals surface area contributed by atoms with Crippen LogP contribution in [0.2, 0.25) is 0 Å². The molecular weight excluding hydrogens is 256 g/mol. The zero-order valence-corrected chi connectivity index (χ0v) is 13.3. The molecule has 1 aromatic heterocycles. The molecule has 2 rings (SSSR count). The fourth-order valence-electron chi connectivity index (χ4n) is 2.74. The van der Waals surface area contributed by atoms with Crippen molar-refractivity contribution in [1.29, 1.82) is 0 Å². The van der Waals surface area contributed by atoms with Gasteiger partial charge < -0.3 is 5.32 Å². The third kappa shape index (κ3) is 4.40. The fraction of sp³-hybridized carbons (Fsp3) is 0.421. The highest BCUT2D eigenvalue weighted by Crippen LogP contribution is 2.23. The number of pyridine rings is 1. The van der Waals surface area contributed by atoms with Gasteiger partial charge in [0.05, 0.1) is 5.69 Å². The largest absolute Gasteiger partial charge is 0.311 e. The van der Waals surface area contributed by atoms with Crippen LogP contribution in [0.3, 0.4) is 0 Å². The molecule has 1 unspecified atom stereocenters. The summed E-state index contributed by atoms with van der Waals surface area (Å²) in [4.78, 5) is 4.50. The molecule has 0 aliphatic heterocycles. The first-order chi connectivity index (χ1) is 10.2. The summed E-state index contributed by atoms with van der Waals surface area (Å²) in [5.74, 6) is 1.16. The van der Waals surface area contributed by atoms with Crippen LogP contribution >= 0.6 is 0 Å². The molecule has 2 aromatic rings. The molecule has 0 amide bonds. The zero-order chi connectivity index (χ0) is 15.1. The summed E-state index contributed by atoms with van der Waals surface area (Å²) in [6.07, 6.45) is 2.92. The summed E-state index contributed by atoms with van der Waals surface area (Å²) in [7, 11) is 0. The summed E-state index contributed by atoms with van der Waals surface area (Å²) >= 11 is 0. The summed E-state index contributed by atoms with van der Waals surface area (Å²) in [6.45, 7) is 8.60. The van der Waals surface area contributed by atoms with Gasteiger partial charge in [-0.15, -0.1) is 0 Å². The molecule has 0 saturated carbocycles. The highest BCUT2D eigenvalue weighted by molar-refractivity contribution is 5.21. The van der Waals surface area contributed by atoms with Crippen molar-refractivity contribution >= 4 is 0 Å². The van der Waals surface area contributed by atoms with Gasteiger partial charge in [0.2, 0.25) is 0 Å². The number of aryl methyl sites for hydroxylation is 1. The van der Waals surface area contributed by atoms with Gasteiger partial charge in [-0.25, -0.2) is 0 Å². The van der Waals surface area contributed by atoms with Crippen LogP contribution in [0.1, 0.15) is 43.5 Å². The van der Waals surface area contributed by atoms with Crippen LogP contribution in [0.15, 0.2) is 48.7 Å². The van der Waals surface area contributed by atoms with Crippen LogP contribution in [0.25, 0.3) is 0 Å². The molecule has 0 bridgehead atoms. The maximum Gasteiger partial charge on any atom is 0.0573 e. The van der Waals surface area contributed by atoms with E-state index in [2.05, 4.69) is 67.5 Å². The predicted octanol–water partition coefficient (Wildman–Crippen LogP) is 4.17. The number of nitrogens with one attached hydrogen (secondary N) is 1. The van der Waals surface area contributed by atoms with E-state index in [1.165, 1.54) is 16.8 Å². The Morgan fingerprint density at radius 1 is 1.05 bits per heavy atom. The van der Waals surface area contributed by atoms with Crippen LogP contribution < -0.4 is 5.32 Å². The molecule has 2 heteroatoms. The Hall–Kier alpha value is -1.67. The maximum absolute atomic E-state index is 4.50. The third-order valence-corrected chi connectivity index (χ3v) is 4.05. The van der Waals surface area contributed by atoms with Gasteiger partial charge >= 0.3 is 0 Å². The average Bonchev–Trinajstić information content (AvgIpc) is 2.52. The summed E-state index contributed by atoms with van der Waals surface area (Å²) in [5, 5.41) is 3.59. The van der Waals surface area contributed by atoms with E-state index in [4.69, 9.17) is 0 Å². The lowest BCUT2D eigenvalue weighted by Crippen LogP contribution is -2.25. The van der Waals surface area contributed by atoms with Crippen molar-refractivity contribution in [1.82, 2.24) is 10.3 Å². The quantitative estimate of drug-likeness (QED) is 0.824. The lowest BCUT2D eigenvalue weighted by molar-refractivity contribution is 0.459. The molecule has 0 radical (unpaired) electrons. The van der Waals surface area contributed by atoms with Crippen LogP contribution in [0.5, 0.6) is 0 Å². The molecule has 0 spiro atoms. The second-order valence-electron chi connectivity index (χ2n) is 5.85. The summed E-state index contributed by atoms with van der Waals surface area (Å²) in [5.41, 5.74) is 3.93. The van der Waals surface area contributed by atoms with Crippen molar-refractivity contribution in [3.8, 4) is 0 Å². The van der Waals surface area contributed by atoms with Gasteiger partial charge in [-0.1, -0.05) is 57.2 Å². The second-order valence-corrected chi connectivity index (χ2v) is 5.85. The molecule has 0 fully saturated rings. The molecule has 21 heavy (non-hydrogen) atoms. The van der Waals surface area contributed by atoms with Crippen LogP contribution in [0.4, 0.5) is 0 Å². The predicted molar refractivity (Wildman–Crippen MR) is 89.3 cm³/mol. The third-order valence-electron chi connectivity index (χ3n) is 4.05. The summed E-state index contributed by atoms with van der Waals surface area (Å²) in [6, 6.07) is 15.0. The number of rotatable bonds is 7. The Bertz CT molecular complexity index is 534. The first kappa shape index (κ1) is 15.7. The van der Waals surface area contributed by atoms with E-state index in [-0.39, 0.29) is 0 Å². The van der Waals surface area contributed by atoms with E-state index in [1.54, 1.807) is 0 Å². The van der Waals surface area contributed by atoms with E-state index in [9.17, 15) is 0 Å². The minimum Gasteiger partial charge on any atom is -0.311 e. The smallest absolute Gasteiger partial charge is 0.0573 e. The average molecular weight is 282 g/mol. The lowest BCUT2D eigenvalue weighted by atomic mass is 9.88. The van der Waals surface area contributed by atoms with Crippen LogP contribution in [0, 0.1) is 5.92 Å². The van der Waals surface area contributed by atoms with Gasteiger partial charge in [0.1, 0.15) is 0 Å². The lowest BCUT2D eigenvalue weighted by Gasteiger charge is -2.22. The molecular formula is C19H26N2. The number of benzene rings is 1. The maximum atomic E-state index is 4.50. The van der Waals surface area contributed by atoms with E-state index >= 15 is 0 Å². The summed E-state index contributed by atoms with van der Waals surface area (Å²) < 4.78 is 0. The molecule has 0 saturated heterocycles. The molecule has 1 aromatic carbocycles. The van der Waals surface area contributed by atoms with Gasteiger partial charge in [-0.2, -0.15) is 0 Å². The minimum absolute atomic E-state index is 0.542. The SMILES string of the molecule is CCc1cccnc1CNCC(c1ccccc1)C(C)C. The number of hydrogen-bond acceptors (Lipinski definition) is 2. The van der Waals surface area contributed by atoms with Gasteiger partial charge in [0.25, 0.3) is 0 Å². The number of aromatic nitrogens is 1. The topological polar surface area (TPSA) is 24.9 Å². The van der Waals surface area contributed by atoms with Crippen molar-refractivity contribution < 1.29 is 0 Å². The Labute approximate surface area is 128 Å². The molecule has 1 heterocycles. The van der Waals surface area contributed by atoms with E-state index in [0.29, 0.717) is 11.8 Å². The highest BCUT2D eigenvalue weighted by atomic mass is 14.9. The van der Waals surface area contributed by atoms with E-state index in [1.807, 2.05) is 12.3 Å². The molecule has 0 aliphatic carbocycles. The standard InChI is InChI=1S/C19H26N2/c1-4-16-11-8-12-21-19(16)14-20-13-18(15(2)3)17-9-6-5-7-10-17/h5-12,15,18,20H,4,13-14H2,1-3H3. The Morgan fingerprint density at radius 3 is 2.48 bits per heavy atom. The van der Waals surface area contributed by atoms with E-state index in [0.717, 1.165) is 19.5 Å². The van der Waals surface area contributed by atoms with Gasteiger partial charge in [0.15, 0.2) is 0 Å². The number of hydrogen-bond donors (Lipinski definition) is 1. The first-order valence-corrected chi connectivity index (χ1v) is 7.90. The van der Waals surface area contributed by atoms with Crippen molar-refractivity contribution in [2.75, 3.05) is 6.54 Å². The Morgan fingerprint density at radius 2 is 1.81 bits per heavy atom. The Kier molecular flexibility index (Phi) is 5.94. The van der Waals surface area contributed by atoms with Crippen LogP contribution in [-0.2, 0) is 13.0 Å². The second kappa shape index (κ2) is 7.94. The number of nitrogens with zero attached hydrogens (tertiary/aromatic N) is 1. The van der Waals surface area contributed by atoms with Gasteiger partial charge in [0, 0.05) is 19.3 Å².